The Labute approximate surface area is 152 Å². The van der Waals surface area contributed by atoms with Crippen LogP contribution in [-0.2, 0) is 4.79 Å². The first-order chi connectivity index (χ1) is 12.4. The number of hydrogen-bond acceptors (Lipinski definition) is 4. The SMILES string of the molecule is CC(CN(C)C)Nc1ccc(NC=C2C(=O)Nc3ccccc32)cc1F. The van der Waals surface area contributed by atoms with E-state index in [4.69, 9.17) is 0 Å². The average Bonchev–Trinajstić information content (AvgIpc) is 2.90. The lowest BCUT2D eigenvalue weighted by Gasteiger charge is -2.20. The highest BCUT2D eigenvalue weighted by atomic mass is 19.1. The van der Waals surface area contributed by atoms with Crippen molar-refractivity contribution in [3.63, 3.8) is 0 Å². The molecule has 3 N–H and O–H groups in total. The van der Waals surface area contributed by atoms with Crippen LogP contribution in [0.2, 0.25) is 0 Å². The summed E-state index contributed by atoms with van der Waals surface area (Å²) in [6.45, 7) is 2.81. The molecule has 1 amide bonds. The monoisotopic (exact) mass is 354 g/mol. The number of carbonyl (C=O) groups is 1. The van der Waals surface area contributed by atoms with E-state index in [0.717, 1.165) is 17.8 Å². The summed E-state index contributed by atoms with van der Waals surface area (Å²) in [7, 11) is 3.96. The van der Waals surface area contributed by atoms with Crippen LogP contribution >= 0.6 is 0 Å². The largest absolute Gasteiger partial charge is 0.379 e. The van der Waals surface area contributed by atoms with Gasteiger partial charge in [0.05, 0.1) is 11.3 Å². The van der Waals surface area contributed by atoms with Crippen molar-refractivity contribution in [2.24, 2.45) is 0 Å². The van der Waals surface area contributed by atoms with E-state index in [1.165, 1.54) is 6.07 Å². The molecule has 2 aromatic rings. The number of nitrogens with one attached hydrogen (secondary N) is 3. The van der Waals surface area contributed by atoms with Gasteiger partial charge >= 0.3 is 0 Å². The number of nitrogens with zero attached hydrogens (tertiary/aromatic N) is 1. The van der Waals surface area contributed by atoms with Gasteiger partial charge in [-0.15, -0.1) is 0 Å². The van der Waals surface area contributed by atoms with Crippen LogP contribution < -0.4 is 16.0 Å². The van der Waals surface area contributed by atoms with Crippen molar-refractivity contribution in [2.45, 2.75) is 13.0 Å². The van der Waals surface area contributed by atoms with Crippen LogP contribution in [0.5, 0.6) is 0 Å². The number of benzene rings is 2. The molecule has 1 heterocycles. The molecule has 1 unspecified atom stereocenters. The third-order valence-electron chi connectivity index (χ3n) is 4.10. The average molecular weight is 354 g/mol. The minimum atomic E-state index is -0.338. The highest BCUT2D eigenvalue weighted by Crippen LogP contribution is 2.31. The number of halogens is 1. The van der Waals surface area contributed by atoms with Gasteiger partial charge in [-0.3, -0.25) is 4.79 Å². The van der Waals surface area contributed by atoms with Crippen molar-refractivity contribution in [1.82, 2.24) is 4.90 Å². The Kier molecular flexibility index (Phi) is 5.23. The molecule has 5 nitrogen and oxygen atoms in total. The Balaban J connectivity index is 1.72. The van der Waals surface area contributed by atoms with E-state index in [9.17, 15) is 9.18 Å². The van der Waals surface area contributed by atoms with Crippen molar-refractivity contribution in [1.29, 1.82) is 0 Å². The second kappa shape index (κ2) is 7.58. The first kappa shape index (κ1) is 17.9. The Hall–Kier alpha value is -2.86. The molecule has 0 aromatic heterocycles. The van der Waals surface area contributed by atoms with E-state index in [2.05, 4.69) is 16.0 Å². The highest BCUT2D eigenvalue weighted by Gasteiger charge is 2.23. The summed E-state index contributed by atoms with van der Waals surface area (Å²) >= 11 is 0. The van der Waals surface area contributed by atoms with Crippen LogP contribution in [0.25, 0.3) is 5.57 Å². The number of rotatable bonds is 6. The minimum absolute atomic E-state index is 0.124. The molecule has 2 aromatic carbocycles. The maximum atomic E-state index is 14.3. The normalized spacial score (nSPS) is 15.7. The number of fused-ring (bicyclic) bond motifs is 1. The van der Waals surface area contributed by atoms with Gasteiger partial charge < -0.3 is 20.9 Å². The van der Waals surface area contributed by atoms with Crippen LogP contribution in [0.1, 0.15) is 12.5 Å². The maximum absolute atomic E-state index is 14.3. The zero-order valence-electron chi connectivity index (χ0n) is 15.1. The van der Waals surface area contributed by atoms with E-state index < -0.39 is 0 Å². The summed E-state index contributed by atoms with van der Waals surface area (Å²) in [4.78, 5) is 14.1. The van der Waals surface area contributed by atoms with Gasteiger partial charge in [-0.1, -0.05) is 18.2 Å². The van der Waals surface area contributed by atoms with Gasteiger partial charge in [0.1, 0.15) is 5.82 Å². The van der Waals surface area contributed by atoms with Crippen molar-refractivity contribution >= 4 is 28.5 Å². The van der Waals surface area contributed by atoms with Crippen molar-refractivity contribution in [3.05, 3.63) is 60.0 Å². The maximum Gasteiger partial charge on any atom is 0.257 e. The molecule has 0 saturated heterocycles. The smallest absolute Gasteiger partial charge is 0.257 e. The van der Waals surface area contributed by atoms with E-state index in [-0.39, 0.29) is 17.8 Å². The van der Waals surface area contributed by atoms with Gasteiger partial charge in [0.2, 0.25) is 0 Å². The summed E-state index contributed by atoms with van der Waals surface area (Å²) < 4.78 is 14.3. The molecule has 0 radical (unpaired) electrons. The van der Waals surface area contributed by atoms with E-state index >= 15 is 0 Å². The third kappa shape index (κ3) is 4.03. The summed E-state index contributed by atoms with van der Waals surface area (Å²) in [5, 5.41) is 8.98. The Morgan fingerprint density at radius 1 is 1.23 bits per heavy atom. The Morgan fingerprint density at radius 2 is 2.00 bits per heavy atom. The molecule has 0 fully saturated rings. The van der Waals surface area contributed by atoms with Crippen LogP contribution in [0, 0.1) is 5.82 Å². The molecule has 1 aliphatic rings. The van der Waals surface area contributed by atoms with Crippen LogP contribution in [0.3, 0.4) is 0 Å². The molecule has 26 heavy (non-hydrogen) atoms. The van der Waals surface area contributed by atoms with Crippen LogP contribution in [-0.4, -0.2) is 37.5 Å². The van der Waals surface area contributed by atoms with Gasteiger partial charge in [-0.05, 0) is 45.3 Å². The lowest BCUT2D eigenvalue weighted by molar-refractivity contribution is -0.110. The van der Waals surface area contributed by atoms with Gasteiger partial charge in [0.15, 0.2) is 0 Å². The van der Waals surface area contributed by atoms with Gasteiger partial charge in [-0.2, -0.15) is 0 Å². The summed E-state index contributed by atoms with van der Waals surface area (Å²) in [6.07, 6.45) is 1.61. The number of hydrogen-bond donors (Lipinski definition) is 3. The summed E-state index contributed by atoms with van der Waals surface area (Å²) in [5.41, 5.74) is 3.19. The zero-order chi connectivity index (χ0) is 18.7. The summed E-state index contributed by atoms with van der Waals surface area (Å²) in [5.74, 6) is -0.509. The highest BCUT2D eigenvalue weighted by molar-refractivity contribution is 6.31. The first-order valence-electron chi connectivity index (χ1n) is 8.52. The predicted octanol–water partition coefficient (Wildman–Crippen LogP) is 3.59. The standard InChI is InChI=1S/C20H23FN4O/c1-13(12-25(2)3)23-19-9-8-14(10-17(19)21)22-11-16-15-6-4-5-7-18(15)24-20(16)26/h4-11,13,22-23H,12H2,1-3H3,(H,24,26). The fourth-order valence-corrected chi connectivity index (χ4v) is 3.02. The van der Waals surface area contributed by atoms with Gasteiger partial charge in [0.25, 0.3) is 5.91 Å². The molecular weight excluding hydrogens is 331 g/mol. The van der Waals surface area contributed by atoms with E-state index in [1.807, 2.05) is 50.2 Å². The van der Waals surface area contributed by atoms with Gasteiger partial charge in [-0.25, -0.2) is 4.39 Å². The van der Waals surface area contributed by atoms with E-state index in [0.29, 0.717) is 16.9 Å². The molecule has 0 spiro atoms. The number of likely N-dealkylation sites (N-methyl/N-ethyl adjacent to an activating group) is 1. The zero-order valence-corrected chi connectivity index (χ0v) is 15.1. The van der Waals surface area contributed by atoms with Crippen LogP contribution in [0.4, 0.5) is 21.5 Å². The first-order valence-corrected chi connectivity index (χ1v) is 8.52. The number of para-hydroxylation sites is 1. The van der Waals surface area contributed by atoms with E-state index in [1.54, 1.807) is 18.3 Å². The predicted molar refractivity (Wildman–Crippen MR) is 105 cm³/mol. The van der Waals surface area contributed by atoms with Gasteiger partial charge in [0, 0.05) is 35.7 Å². The lowest BCUT2D eigenvalue weighted by atomic mass is 10.1. The molecule has 0 aliphatic carbocycles. The molecule has 0 saturated carbocycles. The number of amides is 1. The lowest BCUT2D eigenvalue weighted by Crippen LogP contribution is -2.29. The third-order valence-corrected chi connectivity index (χ3v) is 4.10. The number of anilines is 3. The Morgan fingerprint density at radius 3 is 2.73 bits per heavy atom. The quantitative estimate of drug-likeness (QED) is 0.694. The van der Waals surface area contributed by atoms with Crippen molar-refractivity contribution in [3.8, 4) is 0 Å². The van der Waals surface area contributed by atoms with Crippen LogP contribution in [0.15, 0.2) is 48.7 Å². The molecule has 3 rings (SSSR count). The number of carbonyl (C=O) groups excluding carboxylic acids is 1. The molecule has 1 aliphatic heterocycles. The molecule has 6 heteroatoms. The second-order valence-corrected chi connectivity index (χ2v) is 6.70. The molecule has 136 valence electrons. The van der Waals surface area contributed by atoms with Crippen molar-refractivity contribution < 1.29 is 9.18 Å². The topological polar surface area (TPSA) is 56.4 Å². The minimum Gasteiger partial charge on any atom is -0.379 e. The Bertz CT molecular complexity index is 847. The van der Waals surface area contributed by atoms with Crippen molar-refractivity contribution in [2.75, 3.05) is 36.6 Å². The fourth-order valence-electron chi connectivity index (χ4n) is 3.02. The second-order valence-electron chi connectivity index (χ2n) is 6.70. The molecular formula is C20H23FN4O. The summed E-state index contributed by atoms with van der Waals surface area (Å²) in [6, 6.07) is 12.5. The molecule has 0 bridgehead atoms. The fraction of sp³-hybridized carbons (Fsp3) is 0.250. The molecule has 1 atom stereocenters.